The lowest BCUT2D eigenvalue weighted by Gasteiger charge is -2.38. The minimum absolute atomic E-state index is 0.0614. The van der Waals surface area contributed by atoms with Crippen LogP contribution in [-0.2, 0) is 11.3 Å². The van der Waals surface area contributed by atoms with E-state index in [0.717, 1.165) is 5.56 Å². The molecule has 138 valence electrons. The van der Waals surface area contributed by atoms with Gasteiger partial charge in [0.2, 0.25) is 5.91 Å². The van der Waals surface area contributed by atoms with Crippen LogP contribution in [0.2, 0.25) is 0 Å². The van der Waals surface area contributed by atoms with E-state index in [2.05, 4.69) is 10.2 Å². The first-order valence-corrected chi connectivity index (χ1v) is 8.80. The molecule has 1 saturated heterocycles. The second kappa shape index (κ2) is 8.27. The Labute approximate surface area is 152 Å². The highest BCUT2D eigenvalue weighted by Crippen LogP contribution is 2.20. The highest BCUT2D eigenvalue weighted by atomic mass is 19.1. The van der Waals surface area contributed by atoms with Crippen LogP contribution in [0.3, 0.4) is 0 Å². The largest absolute Gasteiger partial charge is 0.367 e. The summed E-state index contributed by atoms with van der Waals surface area (Å²) in [6.45, 7) is 4.99. The summed E-state index contributed by atoms with van der Waals surface area (Å²) in [5, 5.41) is 2.89. The minimum Gasteiger partial charge on any atom is -0.367 e. The lowest BCUT2D eigenvalue weighted by atomic mass is 10.1. The van der Waals surface area contributed by atoms with Crippen molar-refractivity contribution in [1.82, 2.24) is 10.2 Å². The Hall–Kier alpha value is -2.47. The normalized spacial score (nSPS) is 16.3. The van der Waals surface area contributed by atoms with Crippen LogP contribution < -0.4 is 10.2 Å². The molecule has 0 aromatic heterocycles. The number of piperazine rings is 1. The highest BCUT2D eigenvalue weighted by molar-refractivity contribution is 5.81. The van der Waals surface area contributed by atoms with Crippen molar-refractivity contribution in [3.8, 4) is 0 Å². The third kappa shape index (κ3) is 4.38. The number of carbonyl (C=O) groups is 1. The van der Waals surface area contributed by atoms with Gasteiger partial charge >= 0.3 is 0 Å². The molecule has 4 nitrogen and oxygen atoms in total. The van der Waals surface area contributed by atoms with Crippen molar-refractivity contribution in [2.45, 2.75) is 19.5 Å². The number of rotatable bonds is 5. The van der Waals surface area contributed by atoms with Crippen LogP contribution >= 0.6 is 0 Å². The van der Waals surface area contributed by atoms with Crippen molar-refractivity contribution >= 4 is 11.6 Å². The predicted octanol–water partition coefficient (Wildman–Crippen LogP) is 2.79. The Morgan fingerprint density at radius 1 is 1.04 bits per heavy atom. The molecule has 1 unspecified atom stereocenters. The highest BCUT2D eigenvalue weighted by Gasteiger charge is 2.26. The van der Waals surface area contributed by atoms with E-state index in [-0.39, 0.29) is 23.6 Å². The van der Waals surface area contributed by atoms with Gasteiger partial charge in [-0.15, -0.1) is 0 Å². The number of nitrogens with zero attached hydrogens (tertiary/aromatic N) is 2. The Kier molecular flexibility index (Phi) is 5.83. The first-order valence-electron chi connectivity index (χ1n) is 8.80. The van der Waals surface area contributed by atoms with Crippen LogP contribution in [0.1, 0.15) is 12.5 Å². The number of hydrogen-bond acceptors (Lipinski definition) is 3. The van der Waals surface area contributed by atoms with Gasteiger partial charge in [0, 0.05) is 32.7 Å². The van der Waals surface area contributed by atoms with E-state index >= 15 is 0 Å². The molecule has 0 spiro atoms. The maximum atomic E-state index is 13.9. The summed E-state index contributed by atoms with van der Waals surface area (Å²) in [6.07, 6.45) is 0. The van der Waals surface area contributed by atoms with Gasteiger partial charge in [0.15, 0.2) is 0 Å². The first-order chi connectivity index (χ1) is 12.5. The van der Waals surface area contributed by atoms with Gasteiger partial charge in [-0.1, -0.05) is 24.3 Å². The molecule has 0 aliphatic carbocycles. The van der Waals surface area contributed by atoms with Crippen LogP contribution in [0.15, 0.2) is 48.5 Å². The summed E-state index contributed by atoms with van der Waals surface area (Å²) >= 11 is 0. The molecule has 1 aliphatic heterocycles. The average Bonchev–Trinajstić information content (AvgIpc) is 2.67. The molecular formula is C20H23F2N3O. The van der Waals surface area contributed by atoms with Crippen LogP contribution in [0.25, 0.3) is 0 Å². The molecule has 0 radical (unpaired) electrons. The fourth-order valence-electron chi connectivity index (χ4n) is 3.16. The predicted molar refractivity (Wildman–Crippen MR) is 97.9 cm³/mol. The standard InChI is InChI=1S/C20H23F2N3O/c1-15(20(26)23-14-16-6-8-17(21)9-7-16)24-10-12-25(13-11-24)19-5-3-2-4-18(19)22/h2-9,15H,10-14H2,1H3,(H,23,26). The number of carbonyl (C=O) groups excluding carboxylic acids is 1. The van der Waals surface area contributed by atoms with E-state index in [1.165, 1.54) is 18.2 Å². The van der Waals surface area contributed by atoms with Gasteiger partial charge in [-0.3, -0.25) is 9.69 Å². The number of anilines is 1. The van der Waals surface area contributed by atoms with E-state index in [1.54, 1.807) is 24.3 Å². The number of para-hydroxylation sites is 1. The van der Waals surface area contributed by atoms with Gasteiger partial charge in [-0.2, -0.15) is 0 Å². The average molecular weight is 359 g/mol. The van der Waals surface area contributed by atoms with Gasteiger partial charge in [0.25, 0.3) is 0 Å². The van der Waals surface area contributed by atoms with Crippen molar-refractivity contribution in [1.29, 1.82) is 0 Å². The van der Waals surface area contributed by atoms with Gasteiger partial charge in [0.05, 0.1) is 11.7 Å². The summed E-state index contributed by atoms with van der Waals surface area (Å²) < 4.78 is 26.8. The van der Waals surface area contributed by atoms with Crippen molar-refractivity contribution in [2.75, 3.05) is 31.1 Å². The zero-order chi connectivity index (χ0) is 18.5. The van der Waals surface area contributed by atoms with Crippen molar-refractivity contribution in [3.05, 3.63) is 65.7 Å². The molecule has 26 heavy (non-hydrogen) atoms. The maximum absolute atomic E-state index is 13.9. The van der Waals surface area contributed by atoms with Crippen LogP contribution in [0, 0.1) is 11.6 Å². The molecule has 2 aromatic rings. The molecule has 1 aliphatic rings. The SMILES string of the molecule is CC(C(=O)NCc1ccc(F)cc1)N1CCN(c2ccccc2F)CC1. The lowest BCUT2D eigenvalue weighted by molar-refractivity contribution is -0.126. The van der Waals surface area contributed by atoms with Crippen LogP contribution in [0.5, 0.6) is 0 Å². The molecule has 1 N–H and O–H groups in total. The van der Waals surface area contributed by atoms with E-state index in [4.69, 9.17) is 0 Å². The quantitative estimate of drug-likeness (QED) is 0.892. The van der Waals surface area contributed by atoms with E-state index < -0.39 is 0 Å². The Morgan fingerprint density at radius 2 is 1.69 bits per heavy atom. The zero-order valence-corrected chi connectivity index (χ0v) is 14.8. The molecule has 1 amide bonds. The van der Waals surface area contributed by atoms with Crippen LogP contribution in [-0.4, -0.2) is 43.0 Å². The Morgan fingerprint density at radius 3 is 2.35 bits per heavy atom. The second-order valence-corrected chi connectivity index (χ2v) is 6.49. The summed E-state index contributed by atoms with van der Waals surface area (Å²) in [4.78, 5) is 16.5. The van der Waals surface area contributed by atoms with Crippen molar-refractivity contribution in [3.63, 3.8) is 0 Å². The Bertz CT molecular complexity index is 743. The van der Waals surface area contributed by atoms with Gasteiger partial charge < -0.3 is 10.2 Å². The summed E-state index contributed by atoms with van der Waals surface area (Å²) in [7, 11) is 0. The van der Waals surface area contributed by atoms with E-state index in [0.29, 0.717) is 38.4 Å². The molecule has 2 aromatic carbocycles. The molecule has 6 heteroatoms. The Balaban J connectivity index is 1.49. The molecule has 3 rings (SSSR count). The number of nitrogens with one attached hydrogen (secondary N) is 1. The van der Waals surface area contributed by atoms with Gasteiger partial charge in [0.1, 0.15) is 11.6 Å². The lowest BCUT2D eigenvalue weighted by Crippen LogP contribution is -2.54. The number of amides is 1. The molecular weight excluding hydrogens is 336 g/mol. The summed E-state index contributed by atoms with van der Waals surface area (Å²) in [6, 6.07) is 12.6. The molecule has 0 saturated carbocycles. The van der Waals surface area contributed by atoms with Gasteiger partial charge in [-0.25, -0.2) is 8.78 Å². The van der Waals surface area contributed by atoms with Gasteiger partial charge in [-0.05, 0) is 36.8 Å². The fraction of sp³-hybridized carbons (Fsp3) is 0.350. The third-order valence-electron chi connectivity index (χ3n) is 4.81. The molecule has 1 atom stereocenters. The number of halogens is 2. The zero-order valence-electron chi connectivity index (χ0n) is 14.8. The van der Waals surface area contributed by atoms with E-state index in [9.17, 15) is 13.6 Å². The minimum atomic E-state index is -0.291. The van der Waals surface area contributed by atoms with Crippen LogP contribution in [0.4, 0.5) is 14.5 Å². The molecule has 1 fully saturated rings. The number of benzene rings is 2. The third-order valence-corrected chi connectivity index (χ3v) is 4.81. The number of hydrogen-bond donors (Lipinski definition) is 1. The smallest absolute Gasteiger partial charge is 0.237 e. The van der Waals surface area contributed by atoms with Crippen molar-refractivity contribution < 1.29 is 13.6 Å². The second-order valence-electron chi connectivity index (χ2n) is 6.49. The summed E-state index contributed by atoms with van der Waals surface area (Å²) in [5.74, 6) is -0.569. The summed E-state index contributed by atoms with van der Waals surface area (Å²) in [5.41, 5.74) is 1.47. The van der Waals surface area contributed by atoms with E-state index in [1.807, 2.05) is 17.9 Å². The first kappa shape index (κ1) is 18.3. The molecule has 1 heterocycles. The molecule has 0 bridgehead atoms. The monoisotopic (exact) mass is 359 g/mol. The fourth-order valence-corrected chi connectivity index (χ4v) is 3.16. The maximum Gasteiger partial charge on any atom is 0.237 e. The van der Waals surface area contributed by atoms with Crippen molar-refractivity contribution in [2.24, 2.45) is 0 Å². The topological polar surface area (TPSA) is 35.6 Å².